The second-order valence-corrected chi connectivity index (χ2v) is 22.2. The Labute approximate surface area is 488 Å². The minimum Gasteiger partial charge on any atom is -0.480 e. The molecule has 5 rings (SSSR count). The Morgan fingerprint density at radius 3 is 1.43 bits per heavy atom. The zero-order chi connectivity index (χ0) is 60.1. The van der Waals surface area contributed by atoms with Gasteiger partial charge in [-0.25, -0.2) is 14.4 Å². The summed E-state index contributed by atoms with van der Waals surface area (Å²) >= 11 is 0. The van der Waals surface area contributed by atoms with E-state index in [9.17, 15) is 48.6 Å². The zero-order valence-corrected chi connectivity index (χ0v) is 48.4. The van der Waals surface area contributed by atoms with Crippen LogP contribution in [0.5, 0.6) is 0 Å². The Morgan fingerprint density at radius 2 is 0.904 bits per heavy atom. The minimum absolute atomic E-state index is 0.00373. The van der Waals surface area contributed by atoms with Gasteiger partial charge in [0, 0.05) is 136 Å². The predicted molar refractivity (Wildman–Crippen MR) is 314 cm³/mol. The molecule has 2 bridgehead atoms. The maximum absolute atomic E-state index is 14.2. The zero-order valence-electron chi connectivity index (χ0n) is 48.4. The van der Waals surface area contributed by atoms with Gasteiger partial charge in [-0.2, -0.15) is 0 Å². The number of hydrogen-bond acceptors (Lipinski definition) is 16. The smallest absolute Gasteiger partial charge is 0.326 e. The van der Waals surface area contributed by atoms with E-state index in [0.717, 1.165) is 89.3 Å². The second kappa shape index (κ2) is 39.3. The van der Waals surface area contributed by atoms with E-state index >= 15 is 0 Å². The molecular weight excluding hydrogens is 1070 g/mol. The number of aliphatic carboxylic acids is 2. The van der Waals surface area contributed by atoms with Crippen molar-refractivity contribution in [2.45, 2.75) is 146 Å². The summed E-state index contributed by atoms with van der Waals surface area (Å²) in [5, 5.41) is 77.6. The van der Waals surface area contributed by atoms with Crippen LogP contribution < -0.4 is 69.1 Å². The summed E-state index contributed by atoms with van der Waals surface area (Å²) in [6.45, 7) is 11.7. The monoisotopic (exact) mass is 1170 g/mol. The number of carbonyl (C=O) groups excluding carboxylic acids is 6. The number of rotatable bonds is 33. The summed E-state index contributed by atoms with van der Waals surface area (Å²) < 4.78 is 0. The Kier molecular flexibility index (Phi) is 32.7. The highest BCUT2D eigenvalue weighted by Gasteiger charge is 2.33. The standard InChI is InChI=1S/C58H95N13O12/c1-57-36-59-28-31-62-39-58(40-63-32-29-60-37-57,41-64-33-30-61-38-57)71-50(74)23-15-22-49(73)67-47(35-43-18-9-6-10-19-43)53(78)68-46(34-42-16-7-5-8-17-42)52(77)66-27-13-4-2-3-11-21-48(72)65-26-14-12-20-44(54(79)80)69-56(83)70-45(55(81)82)24-25-51(75)76/h5-10,16-19,44-47,51,59-64,75-76H,2-4,11-15,20-41H2,1H3,(H,65,72)(H,66,77)(H,67,73)(H,68,78)(H,71,74)(H,79,80)(H,81,82)(H2,69,70,83)/t44?,45?,46-,47-,57?,58?/m1/s1. The lowest BCUT2D eigenvalue weighted by Gasteiger charge is -2.37. The van der Waals surface area contributed by atoms with Crippen LogP contribution >= 0.6 is 0 Å². The van der Waals surface area contributed by atoms with E-state index in [0.29, 0.717) is 64.8 Å². The van der Waals surface area contributed by atoms with Gasteiger partial charge in [0.05, 0.1) is 5.54 Å². The predicted octanol–water partition coefficient (Wildman–Crippen LogP) is -0.922. The molecule has 0 spiro atoms. The van der Waals surface area contributed by atoms with Crippen LogP contribution in [0.2, 0.25) is 0 Å². The van der Waals surface area contributed by atoms with Crippen molar-refractivity contribution >= 4 is 47.5 Å². The molecule has 7 amide bonds. The summed E-state index contributed by atoms with van der Waals surface area (Å²) in [7, 11) is 0. The van der Waals surface area contributed by atoms with Gasteiger partial charge in [-0.05, 0) is 56.1 Å². The number of carboxylic acid groups (broad SMARTS) is 2. The number of fused-ring (bicyclic) bond motifs is 15. The number of aliphatic hydroxyl groups excluding tert-OH is 1. The Balaban J connectivity index is 1.21. The van der Waals surface area contributed by atoms with Gasteiger partial charge in [0.25, 0.3) is 0 Å². The summed E-state index contributed by atoms with van der Waals surface area (Å²) in [6, 6.07) is 12.9. The fraction of sp³-hybridized carbons (Fsp3) is 0.655. The van der Waals surface area contributed by atoms with Crippen LogP contribution in [0.15, 0.2) is 60.7 Å². The molecule has 0 saturated carbocycles. The number of carboxylic acids is 2. The van der Waals surface area contributed by atoms with Gasteiger partial charge < -0.3 is 89.5 Å². The molecule has 3 aliphatic heterocycles. The van der Waals surface area contributed by atoms with Crippen LogP contribution in [0.25, 0.3) is 0 Å². The molecule has 3 heterocycles. The second-order valence-electron chi connectivity index (χ2n) is 22.2. The quantitative estimate of drug-likeness (QED) is 0.0303. The van der Waals surface area contributed by atoms with Gasteiger partial charge >= 0.3 is 18.0 Å². The SMILES string of the molecule is CC12CNCCNCC(NC(=O)CCCC(=O)N[C@H](Cc3ccccc3)C(=O)N[C@H](Cc3ccccc3)C(=O)NCCCCCCCC(=O)NCCCCC(NC(=O)NC(CCC(O)O)C(=O)O)C(=O)O)(CNCCNC1)CNCCNC2. The fourth-order valence-electron chi connectivity index (χ4n) is 9.87. The van der Waals surface area contributed by atoms with E-state index in [1.54, 1.807) is 0 Å². The van der Waals surface area contributed by atoms with Crippen molar-refractivity contribution < 1.29 is 58.8 Å². The summed E-state index contributed by atoms with van der Waals surface area (Å²) in [5.74, 6) is -4.33. The lowest BCUT2D eigenvalue weighted by molar-refractivity contribution is -0.140. The van der Waals surface area contributed by atoms with E-state index in [4.69, 9.17) is 10.2 Å². The average molecular weight is 1170 g/mol. The number of urea groups is 1. The number of carbonyl (C=O) groups is 8. The van der Waals surface area contributed by atoms with Gasteiger partial charge in [-0.15, -0.1) is 0 Å². The molecule has 3 saturated heterocycles. The molecule has 4 atom stereocenters. The topological polar surface area (TPSA) is 374 Å². The Morgan fingerprint density at radius 1 is 0.458 bits per heavy atom. The van der Waals surface area contributed by atoms with Crippen molar-refractivity contribution in [2.75, 3.05) is 91.6 Å². The number of hydrogen-bond donors (Lipinski definition) is 17. The Hall–Kier alpha value is -6.32. The molecule has 2 aromatic carbocycles. The van der Waals surface area contributed by atoms with Crippen molar-refractivity contribution in [1.82, 2.24) is 69.1 Å². The Bertz CT molecular complexity index is 2220. The molecule has 464 valence electrons. The van der Waals surface area contributed by atoms with Gasteiger partial charge in [-0.1, -0.05) is 86.8 Å². The third-order valence-electron chi connectivity index (χ3n) is 14.6. The minimum atomic E-state index is -1.76. The van der Waals surface area contributed by atoms with Crippen LogP contribution in [0, 0.1) is 5.41 Å². The normalized spacial score (nSPS) is 19.5. The highest BCUT2D eigenvalue weighted by Crippen LogP contribution is 2.14. The molecule has 0 radical (unpaired) electrons. The fourth-order valence-corrected chi connectivity index (χ4v) is 9.87. The molecule has 0 aromatic heterocycles. The van der Waals surface area contributed by atoms with Crippen molar-refractivity contribution in [3.63, 3.8) is 0 Å². The highest BCUT2D eigenvalue weighted by molar-refractivity contribution is 5.92. The molecule has 2 aromatic rings. The van der Waals surface area contributed by atoms with Crippen LogP contribution in [0.3, 0.4) is 0 Å². The van der Waals surface area contributed by atoms with Crippen molar-refractivity contribution in [1.29, 1.82) is 0 Å². The molecule has 2 unspecified atom stereocenters. The third kappa shape index (κ3) is 29.7. The number of unbranched alkanes of at least 4 members (excludes halogenated alkanes) is 5. The first kappa shape index (κ1) is 69.2. The van der Waals surface area contributed by atoms with Gasteiger partial charge in [0.1, 0.15) is 24.2 Å². The van der Waals surface area contributed by atoms with E-state index in [1.165, 1.54) is 0 Å². The van der Waals surface area contributed by atoms with Gasteiger partial charge in [0.2, 0.25) is 29.5 Å². The van der Waals surface area contributed by atoms with Crippen LogP contribution in [0.4, 0.5) is 4.79 Å². The third-order valence-corrected chi connectivity index (χ3v) is 14.6. The number of amides is 7. The van der Waals surface area contributed by atoms with Crippen LogP contribution in [0.1, 0.15) is 108 Å². The number of aliphatic hydroxyl groups is 2. The first-order valence-corrected chi connectivity index (χ1v) is 29.6. The molecule has 25 nitrogen and oxygen atoms in total. The highest BCUT2D eigenvalue weighted by atomic mass is 16.5. The van der Waals surface area contributed by atoms with Crippen molar-refractivity contribution in [3.8, 4) is 0 Å². The van der Waals surface area contributed by atoms with Gasteiger partial charge in [0.15, 0.2) is 6.29 Å². The maximum atomic E-state index is 14.2. The lowest BCUT2D eigenvalue weighted by Crippen LogP contribution is -2.66. The average Bonchev–Trinajstić information content (AvgIpc) is 3.58. The van der Waals surface area contributed by atoms with Gasteiger partial charge in [-0.3, -0.25) is 24.0 Å². The molecule has 83 heavy (non-hydrogen) atoms. The van der Waals surface area contributed by atoms with Crippen molar-refractivity contribution in [2.24, 2.45) is 5.41 Å². The summed E-state index contributed by atoms with van der Waals surface area (Å²) in [4.78, 5) is 103. The number of benzene rings is 2. The molecule has 17 N–H and O–H groups in total. The molecule has 3 fully saturated rings. The van der Waals surface area contributed by atoms with E-state index in [-0.39, 0.29) is 74.5 Å². The first-order chi connectivity index (χ1) is 39.9. The largest absolute Gasteiger partial charge is 0.480 e. The summed E-state index contributed by atoms with van der Waals surface area (Å²) in [5.41, 5.74) is 1.07. The van der Waals surface area contributed by atoms with Crippen molar-refractivity contribution in [3.05, 3.63) is 71.8 Å². The molecule has 3 aliphatic rings. The van der Waals surface area contributed by atoms with E-state index in [1.807, 2.05) is 60.7 Å². The molecule has 25 heteroatoms. The molecular formula is C58H95N13O12. The van der Waals surface area contributed by atoms with Crippen LogP contribution in [-0.4, -0.2) is 196 Å². The van der Waals surface area contributed by atoms with Crippen LogP contribution in [-0.2, 0) is 46.4 Å². The maximum Gasteiger partial charge on any atom is 0.326 e. The number of nitrogens with one attached hydrogen (secondary N) is 13. The van der Waals surface area contributed by atoms with E-state index < -0.39 is 65.8 Å². The van der Waals surface area contributed by atoms with E-state index in [2.05, 4.69) is 76.0 Å². The lowest BCUT2D eigenvalue weighted by atomic mass is 9.90. The first-order valence-electron chi connectivity index (χ1n) is 29.6. The summed E-state index contributed by atoms with van der Waals surface area (Å²) in [6.07, 6.45) is 3.17. The molecule has 0 aliphatic carbocycles.